The molecule has 0 amide bonds. The van der Waals surface area contributed by atoms with Crippen molar-refractivity contribution in [3.05, 3.63) is 0 Å². The van der Waals surface area contributed by atoms with E-state index >= 15 is 0 Å². The van der Waals surface area contributed by atoms with Gasteiger partial charge in [-0.2, -0.15) is 13.2 Å². The maximum atomic E-state index is 13.0. The van der Waals surface area contributed by atoms with E-state index in [1.165, 1.54) is 7.05 Å². The fourth-order valence-corrected chi connectivity index (χ4v) is 2.89. The van der Waals surface area contributed by atoms with Crippen LogP contribution in [0, 0.1) is 0 Å². The van der Waals surface area contributed by atoms with Crippen LogP contribution in [-0.4, -0.2) is 42.8 Å². The minimum absolute atomic E-state index is 0.132. The highest BCUT2D eigenvalue weighted by Gasteiger charge is 2.57. The van der Waals surface area contributed by atoms with Crippen LogP contribution in [0.25, 0.3) is 0 Å². The summed E-state index contributed by atoms with van der Waals surface area (Å²) >= 11 is 0. The van der Waals surface area contributed by atoms with E-state index in [2.05, 4.69) is 10.2 Å². The van der Waals surface area contributed by atoms with E-state index < -0.39 is 11.7 Å². The van der Waals surface area contributed by atoms with Gasteiger partial charge in [-0.15, -0.1) is 0 Å². The first-order valence-electron chi connectivity index (χ1n) is 5.48. The van der Waals surface area contributed by atoms with Gasteiger partial charge in [0.2, 0.25) is 0 Å². The van der Waals surface area contributed by atoms with Crippen LogP contribution in [0.15, 0.2) is 0 Å². The van der Waals surface area contributed by atoms with Crippen molar-refractivity contribution in [1.29, 1.82) is 0 Å². The first-order chi connectivity index (χ1) is 6.98. The molecule has 2 saturated heterocycles. The molecule has 2 aliphatic heterocycles. The van der Waals surface area contributed by atoms with E-state index in [4.69, 9.17) is 0 Å². The lowest BCUT2D eigenvalue weighted by Crippen LogP contribution is -2.62. The van der Waals surface area contributed by atoms with Crippen LogP contribution in [0.4, 0.5) is 13.2 Å². The molecule has 2 nitrogen and oxygen atoms in total. The van der Waals surface area contributed by atoms with E-state index in [-0.39, 0.29) is 18.9 Å². The molecule has 0 aromatic heterocycles. The minimum Gasteiger partial charge on any atom is -0.307 e. The summed E-state index contributed by atoms with van der Waals surface area (Å²) in [5.41, 5.74) is -1.64. The van der Waals surface area contributed by atoms with Crippen molar-refractivity contribution in [3.8, 4) is 0 Å². The third-order valence-electron chi connectivity index (χ3n) is 3.93. The van der Waals surface area contributed by atoms with E-state index in [0.29, 0.717) is 6.54 Å². The number of hydrogen-bond acceptors (Lipinski definition) is 2. The van der Waals surface area contributed by atoms with Gasteiger partial charge in [0.1, 0.15) is 5.54 Å². The zero-order valence-corrected chi connectivity index (χ0v) is 8.90. The quantitative estimate of drug-likeness (QED) is 0.727. The highest BCUT2D eigenvalue weighted by atomic mass is 19.4. The van der Waals surface area contributed by atoms with Gasteiger partial charge in [0.25, 0.3) is 0 Å². The van der Waals surface area contributed by atoms with Gasteiger partial charge in [-0.05, 0) is 39.3 Å². The van der Waals surface area contributed by atoms with Gasteiger partial charge < -0.3 is 10.2 Å². The second-order valence-corrected chi connectivity index (χ2v) is 4.62. The maximum Gasteiger partial charge on any atom is 0.406 e. The summed E-state index contributed by atoms with van der Waals surface area (Å²) in [7, 11) is 1.43. The van der Waals surface area contributed by atoms with E-state index in [0.717, 1.165) is 19.4 Å². The molecule has 0 saturated carbocycles. The van der Waals surface area contributed by atoms with Crippen LogP contribution in [0.5, 0.6) is 0 Å². The zero-order chi connectivity index (χ0) is 11.1. The summed E-state index contributed by atoms with van der Waals surface area (Å²) in [6.07, 6.45) is -1.77. The monoisotopic (exact) mass is 222 g/mol. The van der Waals surface area contributed by atoms with Crippen molar-refractivity contribution in [2.75, 3.05) is 20.1 Å². The van der Waals surface area contributed by atoms with Gasteiger partial charge in [-0.1, -0.05) is 0 Å². The molecule has 2 rings (SSSR count). The van der Waals surface area contributed by atoms with Gasteiger partial charge >= 0.3 is 6.18 Å². The average molecular weight is 222 g/mol. The SMILES string of the molecule is CNC1(C(F)(F)F)CCN2CCCC2C1. The predicted molar refractivity (Wildman–Crippen MR) is 51.7 cm³/mol. The lowest BCUT2D eigenvalue weighted by molar-refractivity contribution is -0.210. The second-order valence-electron chi connectivity index (χ2n) is 4.62. The van der Waals surface area contributed by atoms with Crippen LogP contribution in [0.3, 0.4) is 0 Å². The molecule has 0 aromatic carbocycles. The standard InChI is InChI=1S/C10H17F3N2/c1-14-9(10(11,12)13)4-6-15-5-2-3-8(15)7-9/h8,14H,2-7H2,1H3. The van der Waals surface area contributed by atoms with Gasteiger partial charge in [0.15, 0.2) is 0 Å². The van der Waals surface area contributed by atoms with Crippen LogP contribution in [-0.2, 0) is 0 Å². The summed E-state index contributed by atoms with van der Waals surface area (Å²) < 4.78 is 38.9. The number of nitrogens with one attached hydrogen (secondary N) is 1. The molecule has 0 bridgehead atoms. The Morgan fingerprint density at radius 3 is 2.67 bits per heavy atom. The lowest BCUT2D eigenvalue weighted by atomic mass is 9.83. The Labute approximate surface area is 87.8 Å². The second kappa shape index (κ2) is 3.63. The highest BCUT2D eigenvalue weighted by Crippen LogP contribution is 2.42. The lowest BCUT2D eigenvalue weighted by Gasteiger charge is -2.44. The Kier molecular flexibility index (Phi) is 2.71. The molecule has 88 valence electrons. The van der Waals surface area contributed by atoms with Gasteiger partial charge in [-0.3, -0.25) is 0 Å². The van der Waals surface area contributed by atoms with Gasteiger partial charge in [0, 0.05) is 12.6 Å². The molecule has 2 aliphatic rings. The molecular formula is C10H17F3N2. The van der Waals surface area contributed by atoms with Gasteiger partial charge in [0.05, 0.1) is 0 Å². The summed E-state index contributed by atoms with van der Waals surface area (Å²) in [5.74, 6) is 0. The minimum atomic E-state index is -4.13. The number of piperidine rings is 1. The molecule has 0 spiro atoms. The number of alkyl halides is 3. The third kappa shape index (κ3) is 1.76. The largest absolute Gasteiger partial charge is 0.406 e. The first-order valence-corrected chi connectivity index (χ1v) is 5.48. The zero-order valence-electron chi connectivity index (χ0n) is 8.90. The Morgan fingerprint density at radius 2 is 2.07 bits per heavy atom. The molecule has 15 heavy (non-hydrogen) atoms. The Morgan fingerprint density at radius 1 is 1.33 bits per heavy atom. The van der Waals surface area contributed by atoms with Crippen LogP contribution >= 0.6 is 0 Å². The maximum absolute atomic E-state index is 13.0. The number of halogens is 3. The van der Waals surface area contributed by atoms with Crippen molar-refractivity contribution < 1.29 is 13.2 Å². The molecule has 2 fully saturated rings. The molecule has 1 N–H and O–H groups in total. The fraction of sp³-hybridized carbons (Fsp3) is 1.00. The molecule has 0 radical (unpaired) electrons. The highest BCUT2D eigenvalue weighted by molar-refractivity contribution is 5.03. The number of rotatable bonds is 1. The fourth-order valence-electron chi connectivity index (χ4n) is 2.89. The number of hydrogen-bond donors (Lipinski definition) is 1. The van der Waals surface area contributed by atoms with Crippen LogP contribution in [0.2, 0.25) is 0 Å². The number of nitrogens with zero attached hydrogens (tertiary/aromatic N) is 1. The van der Waals surface area contributed by atoms with Crippen molar-refractivity contribution in [1.82, 2.24) is 10.2 Å². The molecule has 2 unspecified atom stereocenters. The molecule has 5 heteroatoms. The summed E-state index contributed by atoms with van der Waals surface area (Å²) in [6.45, 7) is 1.55. The van der Waals surface area contributed by atoms with E-state index in [9.17, 15) is 13.2 Å². The van der Waals surface area contributed by atoms with Crippen molar-refractivity contribution >= 4 is 0 Å². The molecule has 2 atom stereocenters. The average Bonchev–Trinajstić information content (AvgIpc) is 2.61. The molecular weight excluding hydrogens is 205 g/mol. The Balaban J connectivity index is 2.15. The number of fused-ring (bicyclic) bond motifs is 1. The Hall–Kier alpha value is -0.290. The topological polar surface area (TPSA) is 15.3 Å². The molecule has 0 aromatic rings. The van der Waals surface area contributed by atoms with Crippen LogP contribution in [0.1, 0.15) is 25.7 Å². The summed E-state index contributed by atoms with van der Waals surface area (Å²) in [6, 6.07) is 0.132. The van der Waals surface area contributed by atoms with E-state index in [1.807, 2.05) is 0 Å². The smallest absolute Gasteiger partial charge is 0.307 e. The molecule has 0 aliphatic carbocycles. The van der Waals surface area contributed by atoms with Crippen molar-refractivity contribution in [2.24, 2.45) is 0 Å². The van der Waals surface area contributed by atoms with Crippen LogP contribution < -0.4 is 5.32 Å². The summed E-state index contributed by atoms with van der Waals surface area (Å²) in [5, 5.41) is 2.52. The normalized spacial score (nSPS) is 38.0. The van der Waals surface area contributed by atoms with E-state index in [1.54, 1.807) is 0 Å². The molecule has 2 heterocycles. The summed E-state index contributed by atoms with van der Waals surface area (Å²) in [4.78, 5) is 2.20. The predicted octanol–water partition coefficient (Wildman–Crippen LogP) is 1.77. The first kappa shape index (κ1) is 11.2. The van der Waals surface area contributed by atoms with Crippen molar-refractivity contribution in [3.63, 3.8) is 0 Å². The third-order valence-corrected chi connectivity index (χ3v) is 3.93. The van der Waals surface area contributed by atoms with Gasteiger partial charge in [-0.25, -0.2) is 0 Å². The van der Waals surface area contributed by atoms with Crippen molar-refractivity contribution in [2.45, 2.75) is 43.4 Å². The Bertz CT molecular complexity index is 241.